The molecule has 2 aromatic rings. The predicted octanol–water partition coefficient (Wildman–Crippen LogP) is 5.02. The molecule has 1 aromatic heterocycles. The van der Waals surface area contributed by atoms with E-state index in [1.807, 2.05) is 6.07 Å². The van der Waals surface area contributed by atoms with Crippen LogP contribution in [0.15, 0.2) is 23.6 Å². The molecule has 2 N–H and O–H groups in total. The third-order valence-electron chi connectivity index (χ3n) is 3.57. The molecule has 0 aliphatic heterocycles. The summed E-state index contributed by atoms with van der Waals surface area (Å²) in [6.07, 6.45) is 0.918. The van der Waals surface area contributed by atoms with Crippen LogP contribution in [0.3, 0.4) is 0 Å². The van der Waals surface area contributed by atoms with Gasteiger partial charge in [0.1, 0.15) is 10.7 Å². The predicted molar refractivity (Wildman–Crippen MR) is 108 cm³/mol. The zero-order valence-electron chi connectivity index (χ0n) is 14.2. The van der Waals surface area contributed by atoms with E-state index >= 15 is 0 Å². The Kier molecular flexibility index (Phi) is 9.17. The first kappa shape index (κ1) is 22.2. The SMILES string of the molecule is CC(C)CCN(Cc1ccc(Cl)c(Cl)c1)C(=O)c1csc(CN)n1.Cl. The van der Waals surface area contributed by atoms with Gasteiger partial charge < -0.3 is 10.6 Å². The van der Waals surface area contributed by atoms with E-state index in [1.165, 1.54) is 11.3 Å². The van der Waals surface area contributed by atoms with Gasteiger partial charge in [-0.15, -0.1) is 23.7 Å². The smallest absolute Gasteiger partial charge is 0.273 e. The number of carbonyl (C=O) groups is 1. The van der Waals surface area contributed by atoms with Crippen LogP contribution in [0.1, 0.15) is 41.3 Å². The highest BCUT2D eigenvalue weighted by molar-refractivity contribution is 7.09. The van der Waals surface area contributed by atoms with Crippen molar-refractivity contribution >= 4 is 52.9 Å². The number of rotatable bonds is 7. The van der Waals surface area contributed by atoms with Crippen LogP contribution < -0.4 is 5.73 Å². The number of aromatic nitrogens is 1. The van der Waals surface area contributed by atoms with Crippen LogP contribution >= 0.6 is 46.9 Å². The molecule has 1 aromatic carbocycles. The van der Waals surface area contributed by atoms with Crippen LogP contribution in [0.25, 0.3) is 0 Å². The maximum atomic E-state index is 12.8. The van der Waals surface area contributed by atoms with E-state index in [2.05, 4.69) is 18.8 Å². The Bertz CT molecular complexity index is 706. The quantitative estimate of drug-likeness (QED) is 0.681. The minimum Gasteiger partial charge on any atom is -0.333 e. The molecular weight excluding hydrogens is 401 g/mol. The maximum absolute atomic E-state index is 12.8. The third-order valence-corrected chi connectivity index (χ3v) is 5.18. The van der Waals surface area contributed by atoms with Crippen LogP contribution in [-0.2, 0) is 13.1 Å². The number of amides is 1. The summed E-state index contributed by atoms with van der Waals surface area (Å²) in [6.45, 7) is 5.75. The van der Waals surface area contributed by atoms with Crippen molar-refractivity contribution in [1.29, 1.82) is 0 Å². The summed E-state index contributed by atoms with van der Waals surface area (Å²) in [7, 11) is 0. The van der Waals surface area contributed by atoms with Crippen molar-refractivity contribution in [3.05, 3.63) is 49.9 Å². The summed E-state index contributed by atoms with van der Waals surface area (Å²) in [5.74, 6) is 0.418. The van der Waals surface area contributed by atoms with E-state index in [4.69, 9.17) is 28.9 Å². The van der Waals surface area contributed by atoms with Gasteiger partial charge >= 0.3 is 0 Å². The van der Waals surface area contributed by atoms with Crippen LogP contribution in [0.4, 0.5) is 0 Å². The number of carbonyl (C=O) groups excluding carboxylic acids is 1. The minimum absolute atomic E-state index is 0. The summed E-state index contributed by atoms with van der Waals surface area (Å²) in [5.41, 5.74) is 6.98. The third kappa shape index (κ3) is 6.42. The zero-order chi connectivity index (χ0) is 17.7. The first-order chi connectivity index (χ1) is 11.4. The summed E-state index contributed by atoms with van der Waals surface area (Å²) in [6, 6.07) is 5.43. The number of hydrogen-bond donors (Lipinski definition) is 1. The number of thiazole rings is 1. The Morgan fingerprint density at radius 2 is 2.04 bits per heavy atom. The van der Waals surface area contributed by atoms with Gasteiger partial charge in [0.2, 0.25) is 0 Å². The molecule has 0 atom stereocenters. The lowest BCUT2D eigenvalue weighted by Gasteiger charge is -2.23. The van der Waals surface area contributed by atoms with E-state index in [0.717, 1.165) is 17.0 Å². The topological polar surface area (TPSA) is 59.2 Å². The summed E-state index contributed by atoms with van der Waals surface area (Å²) in [4.78, 5) is 18.9. The Labute approximate surface area is 168 Å². The molecule has 0 aliphatic rings. The van der Waals surface area contributed by atoms with Gasteiger partial charge in [0.05, 0.1) is 10.0 Å². The molecule has 0 saturated heterocycles. The molecule has 8 heteroatoms. The van der Waals surface area contributed by atoms with Gasteiger partial charge in [-0.1, -0.05) is 43.1 Å². The first-order valence-corrected chi connectivity index (χ1v) is 9.42. The Morgan fingerprint density at radius 1 is 1.32 bits per heavy atom. The van der Waals surface area contributed by atoms with E-state index in [-0.39, 0.29) is 18.3 Å². The van der Waals surface area contributed by atoms with Crippen molar-refractivity contribution in [2.24, 2.45) is 11.7 Å². The lowest BCUT2D eigenvalue weighted by Crippen LogP contribution is -2.32. The van der Waals surface area contributed by atoms with Gasteiger partial charge in [0.25, 0.3) is 5.91 Å². The van der Waals surface area contributed by atoms with Gasteiger partial charge in [-0.25, -0.2) is 4.98 Å². The van der Waals surface area contributed by atoms with Crippen molar-refractivity contribution < 1.29 is 4.79 Å². The standard InChI is InChI=1S/C17H21Cl2N3OS.ClH/c1-11(2)5-6-22(9-12-3-4-13(18)14(19)7-12)17(23)15-10-24-16(8-20)21-15;/h3-4,7,10-11H,5-6,8-9,20H2,1-2H3;1H. The Hall–Kier alpha value is -0.850. The lowest BCUT2D eigenvalue weighted by atomic mass is 10.1. The van der Waals surface area contributed by atoms with Crippen LogP contribution in [0.2, 0.25) is 10.0 Å². The molecule has 0 aliphatic carbocycles. The van der Waals surface area contributed by atoms with E-state index in [1.54, 1.807) is 22.4 Å². The molecule has 0 unspecified atom stereocenters. The maximum Gasteiger partial charge on any atom is 0.273 e. The van der Waals surface area contributed by atoms with Gasteiger partial charge in [0, 0.05) is 25.0 Å². The van der Waals surface area contributed by atoms with Crippen LogP contribution in [0, 0.1) is 5.92 Å². The fourth-order valence-electron chi connectivity index (χ4n) is 2.19. The lowest BCUT2D eigenvalue weighted by molar-refractivity contribution is 0.0730. The highest BCUT2D eigenvalue weighted by Gasteiger charge is 2.19. The van der Waals surface area contributed by atoms with Crippen molar-refractivity contribution in [1.82, 2.24) is 9.88 Å². The molecule has 0 spiro atoms. The highest BCUT2D eigenvalue weighted by atomic mass is 35.5. The zero-order valence-corrected chi connectivity index (χ0v) is 17.3. The molecule has 4 nitrogen and oxygen atoms in total. The molecule has 0 radical (unpaired) electrons. The monoisotopic (exact) mass is 421 g/mol. The molecule has 1 amide bonds. The van der Waals surface area contributed by atoms with Crippen LogP contribution in [-0.4, -0.2) is 22.3 Å². The van der Waals surface area contributed by atoms with Gasteiger partial charge in [-0.3, -0.25) is 4.79 Å². The molecular formula is C17H22Cl3N3OS. The second kappa shape index (κ2) is 10.3. The molecule has 25 heavy (non-hydrogen) atoms. The normalized spacial score (nSPS) is 10.6. The summed E-state index contributed by atoms with van der Waals surface area (Å²) < 4.78 is 0. The fourth-order valence-corrected chi connectivity index (χ4v) is 3.16. The second-order valence-corrected chi connectivity index (χ2v) is 7.75. The highest BCUT2D eigenvalue weighted by Crippen LogP contribution is 2.24. The molecule has 2 rings (SSSR count). The molecule has 1 heterocycles. The number of nitrogens with zero attached hydrogens (tertiary/aromatic N) is 2. The van der Waals surface area contributed by atoms with Crippen molar-refractivity contribution in [2.45, 2.75) is 33.4 Å². The summed E-state index contributed by atoms with van der Waals surface area (Å²) >= 11 is 13.5. The number of nitrogens with two attached hydrogens (primary N) is 1. The molecule has 0 bridgehead atoms. The van der Waals surface area contributed by atoms with Crippen LogP contribution in [0.5, 0.6) is 0 Å². The second-order valence-electron chi connectivity index (χ2n) is 5.99. The van der Waals surface area contributed by atoms with Crippen molar-refractivity contribution in [3.63, 3.8) is 0 Å². The minimum atomic E-state index is -0.0855. The Morgan fingerprint density at radius 3 is 2.60 bits per heavy atom. The summed E-state index contributed by atoms with van der Waals surface area (Å²) in [5, 5.41) is 3.52. The van der Waals surface area contributed by atoms with E-state index < -0.39 is 0 Å². The largest absolute Gasteiger partial charge is 0.333 e. The molecule has 0 fully saturated rings. The number of hydrogen-bond acceptors (Lipinski definition) is 4. The number of benzene rings is 1. The van der Waals surface area contributed by atoms with Gasteiger partial charge in [-0.2, -0.15) is 0 Å². The molecule has 0 saturated carbocycles. The van der Waals surface area contributed by atoms with Gasteiger partial charge in [0.15, 0.2) is 0 Å². The van der Waals surface area contributed by atoms with Gasteiger partial charge in [-0.05, 0) is 30.0 Å². The average molecular weight is 423 g/mol. The fraction of sp³-hybridized carbons (Fsp3) is 0.412. The van der Waals surface area contributed by atoms with Crippen molar-refractivity contribution in [2.75, 3.05) is 6.54 Å². The van der Waals surface area contributed by atoms with E-state index in [9.17, 15) is 4.79 Å². The van der Waals surface area contributed by atoms with Crippen molar-refractivity contribution in [3.8, 4) is 0 Å². The molecule has 138 valence electrons. The first-order valence-electron chi connectivity index (χ1n) is 7.78. The number of halogens is 3. The van der Waals surface area contributed by atoms with E-state index in [0.29, 0.717) is 41.3 Å². The average Bonchev–Trinajstić information content (AvgIpc) is 3.03. The Balaban J connectivity index is 0.00000312.